The maximum atomic E-state index is 13.0. The maximum absolute atomic E-state index is 13.0. The van der Waals surface area contributed by atoms with Crippen LogP contribution in [0, 0.1) is 23.7 Å². The second kappa shape index (κ2) is 60.7. The lowest BCUT2D eigenvalue weighted by molar-refractivity contribution is -0.161. The highest BCUT2D eigenvalue weighted by molar-refractivity contribution is 7.47. The summed E-state index contributed by atoms with van der Waals surface area (Å²) >= 11 is 0. The van der Waals surface area contributed by atoms with E-state index in [0.29, 0.717) is 37.5 Å². The number of unbranched alkanes of at least 4 members (excludes halogenated alkanes) is 33. The van der Waals surface area contributed by atoms with Gasteiger partial charge in [0, 0.05) is 25.7 Å². The van der Waals surface area contributed by atoms with Crippen LogP contribution in [0.4, 0.5) is 0 Å². The Morgan fingerprint density at radius 2 is 0.533 bits per heavy atom. The Bertz CT molecular complexity index is 1780. The molecule has 0 aromatic heterocycles. The minimum absolute atomic E-state index is 0.104. The van der Waals surface area contributed by atoms with Crippen molar-refractivity contribution >= 4 is 39.5 Å². The molecule has 0 aliphatic rings. The fraction of sp³-hybridized carbons (Fsp3) is 0.944. The van der Waals surface area contributed by atoms with Gasteiger partial charge in [-0.05, 0) is 49.4 Å². The number of hydrogen-bond donors (Lipinski definition) is 3. The Morgan fingerprint density at radius 1 is 0.311 bits per heavy atom. The number of rotatable bonds is 68. The Balaban J connectivity index is 5.22. The van der Waals surface area contributed by atoms with Crippen LogP contribution in [0.3, 0.4) is 0 Å². The van der Waals surface area contributed by atoms with E-state index in [1.165, 1.54) is 141 Å². The van der Waals surface area contributed by atoms with Crippen LogP contribution in [0.1, 0.15) is 351 Å². The zero-order valence-corrected chi connectivity index (χ0v) is 60.6. The minimum atomic E-state index is -4.95. The fourth-order valence-electron chi connectivity index (χ4n) is 10.6. The number of phosphoric acid groups is 2. The molecule has 4 unspecified atom stereocenters. The van der Waals surface area contributed by atoms with E-state index in [2.05, 4.69) is 55.4 Å². The number of hydrogen-bond acceptors (Lipinski definition) is 15. The lowest BCUT2D eigenvalue weighted by atomic mass is 9.99. The highest BCUT2D eigenvalue weighted by Gasteiger charge is 2.30. The molecule has 17 nitrogen and oxygen atoms in total. The minimum Gasteiger partial charge on any atom is -0.462 e. The molecule has 0 saturated carbocycles. The molecule has 534 valence electrons. The predicted molar refractivity (Wildman–Crippen MR) is 363 cm³/mol. The van der Waals surface area contributed by atoms with E-state index in [1.54, 1.807) is 0 Å². The molecular weight excluding hydrogens is 1190 g/mol. The highest BCUT2D eigenvalue weighted by atomic mass is 31.2. The molecule has 0 saturated heterocycles. The van der Waals surface area contributed by atoms with Crippen LogP contribution in [0.2, 0.25) is 0 Å². The lowest BCUT2D eigenvalue weighted by Gasteiger charge is -2.21. The van der Waals surface area contributed by atoms with Gasteiger partial charge in [-0.1, -0.05) is 299 Å². The van der Waals surface area contributed by atoms with E-state index in [0.717, 1.165) is 115 Å². The van der Waals surface area contributed by atoms with Crippen LogP contribution < -0.4 is 0 Å². The number of carbonyl (C=O) groups excluding carboxylic acids is 4. The molecule has 0 spiro atoms. The number of phosphoric ester groups is 2. The predicted octanol–water partition coefficient (Wildman–Crippen LogP) is 20.1. The van der Waals surface area contributed by atoms with Gasteiger partial charge in [-0.15, -0.1) is 0 Å². The topological polar surface area (TPSA) is 237 Å². The third-order valence-corrected chi connectivity index (χ3v) is 18.6. The molecule has 3 N–H and O–H groups in total. The van der Waals surface area contributed by atoms with Crippen molar-refractivity contribution in [2.45, 2.75) is 369 Å². The monoisotopic (exact) mass is 1320 g/mol. The summed E-state index contributed by atoms with van der Waals surface area (Å²) in [5.74, 6) is 0.851. The zero-order valence-electron chi connectivity index (χ0n) is 58.8. The summed E-state index contributed by atoms with van der Waals surface area (Å²) in [6.45, 7) is 14.1. The molecule has 0 heterocycles. The normalized spacial score (nSPS) is 14.6. The van der Waals surface area contributed by atoms with Gasteiger partial charge in [0.25, 0.3) is 0 Å². The van der Waals surface area contributed by atoms with Crippen molar-refractivity contribution in [2.75, 3.05) is 39.6 Å². The second-order valence-corrected chi connectivity index (χ2v) is 30.2. The van der Waals surface area contributed by atoms with Crippen molar-refractivity contribution in [2.24, 2.45) is 23.7 Å². The van der Waals surface area contributed by atoms with Gasteiger partial charge in [0.2, 0.25) is 0 Å². The first-order valence-corrected chi connectivity index (χ1v) is 39.7. The standard InChI is InChI=1S/C71H138O17P2/c1-9-64(8)50-42-34-26-19-20-28-38-46-54-71(76)88-67(58-82-69(74)52-44-36-30-22-25-33-41-49-63(6)7)60-86-90(79,80)84-56-65(72)55-83-89(77,78)85-59-66(57-81-68(73)51-43-35-29-21-24-32-40-48-62(4)5)87-70(75)53-45-37-27-18-16-14-12-10-11-13-15-17-23-31-39-47-61(2)3/h61-67,72H,9-60H2,1-8H3,(H,77,78)(H,79,80)/t64?,65?,66-,67-/m1/s1. The number of aliphatic hydroxyl groups is 1. The SMILES string of the molecule is CCC(C)CCCCCCCCCCC(=O)O[C@H](COC(=O)CCCCCCCCCC(C)C)COP(=O)(O)OCC(O)COP(=O)(O)OC[C@@H](COC(=O)CCCCCCCCCC(C)C)OC(=O)CCCCCCCCCCCCCCCCCC(C)C. The van der Waals surface area contributed by atoms with Crippen LogP contribution in [-0.2, 0) is 65.4 Å². The van der Waals surface area contributed by atoms with Gasteiger partial charge >= 0.3 is 39.5 Å². The Hall–Kier alpha value is -1.94. The van der Waals surface area contributed by atoms with Crippen molar-refractivity contribution < 1.29 is 80.2 Å². The average Bonchev–Trinajstić information content (AvgIpc) is 3.42. The summed E-state index contributed by atoms with van der Waals surface area (Å²) in [7, 11) is -9.90. The summed E-state index contributed by atoms with van der Waals surface area (Å²) < 4.78 is 68.3. The number of aliphatic hydroxyl groups excluding tert-OH is 1. The average molecular weight is 1330 g/mol. The smallest absolute Gasteiger partial charge is 0.462 e. The third-order valence-electron chi connectivity index (χ3n) is 16.7. The summed E-state index contributed by atoms with van der Waals surface area (Å²) in [5, 5.41) is 10.6. The van der Waals surface area contributed by atoms with Crippen molar-refractivity contribution in [3.63, 3.8) is 0 Å². The molecule has 0 amide bonds. The number of ether oxygens (including phenoxy) is 4. The van der Waals surface area contributed by atoms with E-state index >= 15 is 0 Å². The number of esters is 4. The van der Waals surface area contributed by atoms with Gasteiger partial charge in [-0.2, -0.15) is 0 Å². The van der Waals surface area contributed by atoms with Crippen LogP contribution in [0.5, 0.6) is 0 Å². The lowest BCUT2D eigenvalue weighted by Crippen LogP contribution is -2.30. The van der Waals surface area contributed by atoms with E-state index in [4.69, 9.17) is 37.0 Å². The van der Waals surface area contributed by atoms with Crippen molar-refractivity contribution in [3.05, 3.63) is 0 Å². The molecule has 0 fully saturated rings. The van der Waals surface area contributed by atoms with Crippen molar-refractivity contribution in [1.29, 1.82) is 0 Å². The molecule has 0 aliphatic heterocycles. The van der Waals surface area contributed by atoms with Gasteiger partial charge < -0.3 is 33.8 Å². The molecule has 6 atom stereocenters. The Labute approximate surface area is 549 Å². The Kier molecular flexibility index (Phi) is 59.4. The maximum Gasteiger partial charge on any atom is 0.472 e. The summed E-state index contributed by atoms with van der Waals surface area (Å²) in [4.78, 5) is 72.5. The van der Waals surface area contributed by atoms with Gasteiger partial charge in [0.1, 0.15) is 19.3 Å². The van der Waals surface area contributed by atoms with E-state index in [9.17, 15) is 43.2 Å². The van der Waals surface area contributed by atoms with Gasteiger partial charge in [-0.25, -0.2) is 9.13 Å². The molecule has 0 aliphatic carbocycles. The van der Waals surface area contributed by atoms with Crippen LogP contribution >= 0.6 is 15.6 Å². The quantitative estimate of drug-likeness (QED) is 0.0222. The Morgan fingerprint density at radius 3 is 0.789 bits per heavy atom. The van der Waals surface area contributed by atoms with Crippen molar-refractivity contribution in [3.8, 4) is 0 Å². The molecule has 0 aromatic rings. The first kappa shape index (κ1) is 88.1. The molecule has 0 aromatic carbocycles. The second-order valence-electron chi connectivity index (χ2n) is 27.3. The largest absolute Gasteiger partial charge is 0.472 e. The third kappa shape index (κ3) is 63.5. The van der Waals surface area contributed by atoms with Gasteiger partial charge in [0.05, 0.1) is 26.4 Å². The van der Waals surface area contributed by atoms with Gasteiger partial charge in [0.15, 0.2) is 12.2 Å². The summed E-state index contributed by atoms with van der Waals surface area (Å²) in [6, 6.07) is 0. The first-order chi connectivity index (χ1) is 43.1. The molecule has 0 radical (unpaired) electrons. The zero-order chi connectivity index (χ0) is 66.8. The van der Waals surface area contributed by atoms with Crippen LogP contribution in [0.25, 0.3) is 0 Å². The summed E-state index contributed by atoms with van der Waals surface area (Å²) in [5.41, 5.74) is 0. The van der Waals surface area contributed by atoms with E-state index < -0.39 is 97.5 Å². The van der Waals surface area contributed by atoms with E-state index in [1.807, 2.05) is 0 Å². The van der Waals surface area contributed by atoms with Crippen molar-refractivity contribution in [1.82, 2.24) is 0 Å². The van der Waals surface area contributed by atoms with Crippen LogP contribution in [0.15, 0.2) is 0 Å². The molecule has 90 heavy (non-hydrogen) atoms. The fourth-order valence-corrected chi connectivity index (χ4v) is 12.2. The molecular formula is C71H138O17P2. The van der Waals surface area contributed by atoms with E-state index in [-0.39, 0.29) is 25.7 Å². The first-order valence-electron chi connectivity index (χ1n) is 36.7. The number of carbonyl (C=O) groups is 4. The highest BCUT2D eigenvalue weighted by Crippen LogP contribution is 2.45. The summed E-state index contributed by atoms with van der Waals surface area (Å²) in [6.07, 6.45) is 43.2. The molecule has 19 heteroatoms. The van der Waals surface area contributed by atoms with Crippen LogP contribution in [-0.4, -0.2) is 96.7 Å². The van der Waals surface area contributed by atoms with Gasteiger partial charge in [-0.3, -0.25) is 37.3 Å². The molecule has 0 rings (SSSR count). The molecule has 0 bridgehead atoms.